The zero-order chi connectivity index (χ0) is 19.7. The van der Waals surface area contributed by atoms with Gasteiger partial charge in [-0.1, -0.05) is 24.8 Å². The normalized spacial score (nSPS) is 23.5. The summed E-state index contributed by atoms with van der Waals surface area (Å²) in [5.74, 6) is 1.61. The van der Waals surface area contributed by atoms with E-state index in [1.54, 1.807) is 0 Å². The number of aryl methyl sites for hydroxylation is 1. The number of aliphatic imine (C=N–C) groups is 1. The van der Waals surface area contributed by atoms with Gasteiger partial charge in [-0.3, -0.25) is 9.98 Å². The van der Waals surface area contributed by atoms with Gasteiger partial charge in [0, 0.05) is 18.0 Å². The third-order valence-corrected chi connectivity index (χ3v) is 6.23. The second-order valence-corrected chi connectivity index (χ2v) is 8.56. The molecular weight excluding hydrogens is 370 g/mol. The monoisotopic (exact) mass is 397 g/mol. The summed E-state index contributed by atoms with van der Waals surface area (Å²) in [6, 6.07) is 10.4. The van der Waals surface area contributed by atoms with E-state index in [-0.39, 0.29) is 12.1 Å². The minimum atomic E-state index is -0.0117. The van der Waals surface area contributed by atoms with Gasteiger partial charge in [-0.15, -0.1) is 0 Å². The summed E-state index contributed by atoms with van der Waals surface area (Å²) in [4.78, 5) is 12.1. The van der Waals surface area contributed by atoms with Gasteiger partial charge < -0.3 is 14.4 Å². The SMILES string of the molecule is CCOc1cc(C)c([C@@H]2[C@@H](c3ccccn3)N=C3S[C@@H](C)CN32)cc1OCC. The topological polar surface area (TPSA) is 47.0 Å². The van der Waals surface area contributed by atoms with Crippen LogP contribution in [-0.2, 0) is 0 Å². The summed E-state index contributed by atoms with van der Waals surface area (Å²) in [6.45, 7) is 10.6. The highest BCUT2D eigenvalue weighted by Gasteiger charge is 2.44. The average molecular weight is 398 g/mol. The Morgan fingerprint density at radius 2 is 1.89 bits per heavy atom. The number of hydrogen-bond donors (Lipinski definition) is 0. The molecule has 0 saturated carbocycles. The molecule has 2 aromatic rings. The van der Waals surface area contributed by atoms with E-state index < -0.39 is 0 Å². The van der Waals surface area contributed by atoms with Crippen molar-refractivity contribution in [1.82, 2.24) is 9.88 Å². The van der Waals surface area contributed by atoms with Gasteiger partial charge >= 0.3 is 0 Å². The molecule has 1 aromatic heterocycles. The number of fused-ring (bicyclic) bond motifs is 1. The molecule has 0 amide bonds. The summed E-state index contributed by atoms with van der Waals surface area (Å²) >= 11 is 1.86. The molecule has 0 N–H and O–H groups in total. The fourth-order valence-electron chi connectivity index (χ4n) is 3.99. The van der Waals surface area contributed by atoms with E-state index in [0.717, 1.165) is 28.9 Å². The number of nitrogens with zero attached hydrogens (tertiary/aromatic N) is 3. The Morgan fingerprint density at radius 3 is 2.57 bits per heavy atom. The first-order valence-corrected chi connectivity index (χ1v) is 10.8. The Bertz CT molecular complexity index is 872. The van der Waals surface area contributed by atoms with Crippen molar-refractivity contribution in [1.29, 1.82) is 0 Å². The van der Waals surface area contributed by atoms with Crippen LogP contribution in [0.2, 0.25) is 0 Å². The van der Waals surface area contributed by atoms with Crippen molar-refractivity contribution in [2.24, 2.45) is 4.99 Å². The van der Waals surface area contributed by atoms with Crippen LogP contribution in [0.1, 0.15) is 49.7 Å². The summed E-state index contributed by atoms with van der Waals surface area (Å²) in [6.07, 6.45) is 1.85. The predicted octanol–water partition coefficient (Wildman–Crippen LogP) is 4.78. The van der Waals surface area contributed by atoms with Crippen LogP contribution in [0.4, 0.5) is 0 Å². The van der Waals surface area contributed by atoms with Crippen LogP contribution in [0.25, 0.3) is 0 Å². The van der Waals surface area contributed by atoms with Crippen molar-refractivity contribution in [2.75, 3.05) is 19.8 Å². The third-order valence-electron chi connectivity index (χ3n) is 5.13. The molecule has 0 spiro atoms. The number of rotatable bonds is 6. The second-order valence-electron chi connectivity index (χ2n) is 7.16. The van der Waals surface area contributed by atoms with Crippen molar-refractivity contribution >= 4 is 16.9 Å². The molecule has 4 rings (SSSR count). The Morgan fingerprint density at radius 1 is 1.14 bits per heavy atom. The molecule has 0 bridgehead atoms. The molecule has 3 heterocycles. The first kappa shape index (κ1) is 19.1. The summed E-state index contributed by atoms with van der Waals surface area (Å²) in [7, 11) is 0. The van der Waals surface area contributed by atoms with Crippen LogP contribution in [-0.4, -0.2) is 40.1 Å². The number of aromatic nitrogens is 1. The number of thioether (sulfide) groups is 1. The lowest BCUT2D eigenvalue weighted by Gasteiger charge is -2.29. The first-order chi connectivity index (χ1) is 13.6. The Hall–Kier alpha value is -2.21. The molecule has 0 radical (unpaired) electrons. The van der Waals surface area contributed by atoms with Crippen molar-refractivity contribution in [3.8, 4) is 11.5 Å². The fraction of sp³-hybridized carbons (Fsp3) is 0.455. The van der Waals surface area contributed by atoms with Gasteiger partial charge in [-0.25, -0.2) is 0 Å². The van der Waals surface area contributed by atoms with Gasteiger partial charge in [0.2, 0.25) is 0 Å². The number of benzene rings is 1. The zero-order valence-electron chi connectivity index (χ0n) is 16.9. The summed E-state index contributed by atoms with van der Waals surface area (Å²) in [5, 5.41) is 1.67. The maximum absolute atomic E-state index is 5.92. The molecule has 5 nitrogen and oxygen atoms in total. The fourth-order valence-corrected chi connectivity index (χ4v) is 5.08. The Labute approximate surface area is 171 Å². The van der Waals surface area contributed by atoms with E-state index in [1.165, 1.54) is 11.1 Å². The molecule has 3 atom stereocenters. The standard InChI is InChI=1S/C22H27N3O2S/c1-5-26-18-11-14(3)16(12-19(18)27-6-2)21-20(17-9-7-8-10-23-17)24-22-25(21)13-15(4)28-22/h7-12,15,20-21H,5-6,13H2,1-4H3/t15-,20+,21+/m0/s1. The molecule has 148 valence electrons. The van der Waals surface area contributed by atoms with E-state index >= 15 is 0 Å². The molecule has 1 saturated heterocycles. The van der Waals surface area contributed by atoms with Gasteiger partial charge in [0.15, 0.2) is 16.7 Å². The summed E-state index contributed by atoms with van der Waals surface area (Å²) in [5.41, 5.74) is 3.43. The largest absolute Gasteiger partial charge is 0.490 e. The van der Waals surface area contributed by atoms with Crippen LogP contribution in [0, 0.1) is 6.92 Å². The number of ether oxygens (including phenoxy) is 2. The highest BCUT2D eigenvalue weighted by atomic mass is 32.2. The van der Waals surface area contributed by atoms with E-state index in [2.05, 4.69) is 41.9 Å². The van der Waals surface area contributed by atoms with Crippen LogP contribution in [0.15, 0.2) is 41.5 Å². The van der Waals surface area contributed by atoms with E-state index in [0.29, 0.717) is 18.5 Å². The maximum atomic E-state index is 5.92. The van der Waals surface area contributed by atoms with Crippen LogP contribution in [0.3, 0.4) is 0 Å². The number of pyridine rings is 1. The van der Waals surface area contributed by atoms with Crippen molar-refractivity contribution in [3.63, 3.8) is 0 Å². The lowest BCUT2D eigenvalue weighted by Crippen LogP contribution is -2.29. The zero-order valence-corrected chi connectivity index (χ0v) is 17.7. The van der Waals surface area contributed by atoms with Gasteiger partial charge in [0.1, 0.15) is 6.04 Å². The molecule has 2 aliphatic heterocycles. The third kappa shape index (κ3) is 3.46. The van der Waals surface area contributed by atoms with Gasteiger partial charge in [0.25, 0.3) is 0 Å². The number of amidine groups is 1. The Balaban J connectivity index is 1.79. The van der Waals surface area contributed by atoms with Crippen molar-refractivity contribution < 1.29 is 9.47 Å². The minimum Gasteiger partial charge on any atom is -0.490 e. The van der Waals surface area contributed by atoms with E-state index in [1.807, 2.05) is 43.9 Å². The Kier molecular flexibility index (Phi) is 5.49. The molecule has 6 heteroatoms. The van der Waals surface area contributed by atoms with Crippen LogP contribution in [0.5, 0.6) is 11.5 Å². The molecule has 1 fully saturated rings. The molecule has 2 aliphatic rings. The lowest BCUT2D eigenvalue weighted by molar-refractivity contribution is 0.283. The summed E-state index contributed by atoms with van der Waals surface area (Å²) < 4.78 is 11.7. The van der Waals surface area contributed by atoms with E-state index in [4.69, 9.17) is 14.5 Å². The lowest BCUT2D eigenvalue weighted by atomic mass is 9.92. The smallest absolute Gasteiger partial charge is 0.161 e. The first-order valence-electron chi connectivity index (χ1n) is 9.94. The van der Waals surface area contributed by atoms with Crippen molar-refractivity contribution in [2.45, 2.75) is 45.0 Å². The molecule has 28 heavy (non-hydrogen) atoms. The van der Waals surface area contributed by atoms with Crippen molar-refractivity contribution in [3.05, 3.63) is 53.3 Å². The van der Waals surface area contributed by atoms with Crippen LogP contribution < -0.4 is 9.47 Å². The van der Waals surface area contributed by atoms with Gasteiger partial charge in [-0.05, 0) is 56.2 Å². The van der Waals surface area contributed by atoms with Crippen LogP contribution >= 0.6 is 11.8 Å². The highest BCUT2D eigenvalue weighted by Crippen LogP contribution is 2.49. The molecule has 0 aliphatic carbocycles. The molecule has 1 aromatic carbocycles. The average Bonchev–Trinajstić information content (AvgIpc) is 3.21. The van der Waals surface area contributed by atoms with E-state index in [9.17, 15) is 0 Å². The highest BCUT2D eigenvalue weighted by molar-refractivity contribution is 8.14. The minimum absolute atomic E-state index is 0.0117. The van der Waals surface area contributed by atoms with Gasteiger partial charge in [0.05, 0.1) is 24.9 Å². The second kappa shape index (κ2) is 8.03. The predicted molar refractivity (Wildman–Crippen MR) is 114 cm³/mol. The molecular formula is C22H27N3O2S. The number of hydrogen-bond acceptors (Lipinski definition) is 6. The maximum Gasteiger partial charge on any atom is 0.161 e. The van der Waals surface area contributed by atoms with Gasteiger partial charge in [-0.2, -0.15) is 0 Å². The quantitative estimate of drug-likeness (QED) is 0.702. The molecule has 0 unspecified atom stereocenters.